The summed E-state index contributed by atoms with van der Waals surface area (Å²) in [5.41, 5.74) is 1.88. The lowest BCUT2D eigenvalue weighted by atomic mass is 10.0. The average Bonchev–Trinajstić information content (AvgIpc) is 2.95. The molecule has 1 aliphatic heterocycles. The van der Waals surface area contributed by atoms with E-state index in [1.54, 1.807) is 0 Å². The van der Waals surface area contributed by atoms with Crippen molar-refractivity contribution in [2.75, 3.05) is 0 Å². The Bertz CT molecular complexity index is 673. The average molecular weight is 310 g/mol. The molecule has 0 bridgehead atoms. The molecule has 2 amide bonds. The van der Waals surface area contributed by atoms with Crippen LogP contribution in [0.25, 0.3) is 0 Å². The van der Waals surface area contributed by atoms with Gasteiger partial charge in [0.2, 0.25) is 5.91 Å². The SMILES string of the molecule is O=C1C[C@H](NC(=O)OCc2ccccc2)[C@@H](c2ccccc2)N1. The van der Waals surface area contributed by atoms with Gasteiger partial charge in [0.25, 0.3) is 0 Å². The highest BCUT2D eigenvalue weighted by Gasteiger charge is 2.34. The van der Waals surface area contributed by atoms with Crippen molar-refractivity contribution < 1.29 is 14.3 Å². The zero-order valence-corrected chi connectivity index (χ0v) is 12.6. The van der Waals surface area contributed by atoms with Crippen molar-refractivity contribution in [1.82, 2.24) is 10.6 Å². The van der Waals surface area contributed by atoms with Gasteiger partial charge in [-0.3, -0.25) is 4.79 Å². The van der Waals surface area contributed by atoms with E-state index in [-0.39, 0.29) is 31.0 Å². The minimum absolute atomic E-state index is 0.0767. The first-order valence-electron chi connectivity index (χ1n) is 7.54. The maximum atomic E-state index is 12.0. The van der Waals surface area contributed by atoms with Gasteiger partial charge in [-0.2, -0.15) is 0 Å². The molecule has 5 nitrogen and oxygen atoms in total. The summed E-state index contributed by atoms with van der Waals surface area (Å²) in [6.07, 6.45) is -0.267. The number of amides is 2. The van der Waals surface area contributed by atoms with E-state index in [9.17, 15) is 9.59 Å². The normalized spacial score (nSPS) is 19.9. The third kappa shape index (κ3) is 3.88. The van der Waals surface area contributed by atoms with Gasteiger partial charge < -0.3 is 15.4 Å². The third-order valence-electron chi connectivity index (χ3n) is 3.80. The summed E-state index contributed by atoms with van der Waals surface area (Å²) in [7, 11) is 0. The molecule has 0 spiro atoms. The molecule has 2 aromatic rings. The first-order chi connectivity index (χ1) is 11.2. The van der Waals surface area contributed by atoms with E-state index in [4.69, 9.17) is 4.74 Å². The quantitative estimate of drug-likeness (QED) is 0.912. The summed E-state index contributed by atoms with van der Waals surface area (Å²) in [6, 6.07) is 18.5. The van der Waals surface area contributed by atoms with Gasteiger partial charge >= 0.3 is 6.09 Å². The van der Waals surface area contributed by atoms with Crippen LogP contribution in [-0.2, 0) is 16.1 Å². The molecule has 0 radical (unpaired) electrons. The van der Waals surface area contributed by atoms with E-state index in [1.165, 1.54) is 0 Å². The zero-order valence-electron chi connectivity index (χ0n) is 12.6. The molecule has 3 rings (SSSR count). The van der Waals surface area contributed by atoms with Crippen LogP contribution in [0.4, 0.5) is 4.79 Å². The molecule has 2 aromatic carbocycles. The van der Waals surface area contributed by atoms with Crippen molar-refractivity contribution in [3.05, 3.63) is 71.8 Å². The second-order valence-corrected chi connectivity index (χ2v) is 5.47. The minimum atomic E-state index is -0.517. The number of nitrogens with one attached hydrogen (secondary N) is 2. The number of ether oxygens (including phenoxy) is 1. The minimum Gasteiger partial charge on any atom is -0.445 e. The Morgan fingerprint density at radius 2 is 1.74 bits per heavy atom. The summed E-state index contributed by atoms with van der Waals surface area (Å²) < 4.78 is 5.22. The fourth-order valence-corrected chi connectivity index (χ4v) is 2.68. The lowest BCUT2D eigenvalue weighted by molar-refractivity contribution is -0.119. The predicted molar refractivity (Wildman–Crippen MR) is 85.5 cm³/mol. The molecule has 0 saturated carbocycles. The van der Waals surface area contributed by atoms with Crippen molar-refractivity contribution in [3.8, 4) is 0 Å². The van der Waals surface area contributed by atoms with Gasteiger partial charge in [-0.05, 0) is 11.1 Å². The smallest absolute Gasteiger partial charge is 0.407 e. The van der Waals surface area contributed by atoms with E-state index >= 15 is 0 Å². The fraction of sp³-hybridized carbons (Fsp3) is 0.222. The molecule has 2 atom stereocenters. The highest BCUT2D eigenvalue weighted by atomic mass is 16.5. The van der Waals surface area contributed by atoms with Crippen LogP contribution in [-0.4, -0.2) is 18.0 Å². The van der Waals surface area contributed by atoms with Gasteiger partial charge in [-0.15, -0.1) is 0 Å². The maximum Gasteiger partial charge on any atom is 0.407 e. The van der Waals surface area contributed by atoms with Gasteiger partial charge in [0.1, 0.15) is 6.61 Å². The number of hydrogen-bond donors (Lipinski definition) is 2. The number of benzene rings is 2. The molecule has 0 aliphatic carbocycles. The summed E-state index contributed by atoms with van der Waals surface area (Å²) >= 11 is 0. The summed E-state index contributed by atoms with van der Waals surface area (Å²) in [5, 5.41) is 5.67. The molecule has 2 N–H and O–H groups in total. The van der Waals surface area contributed by atoms with Crippen molar-refractivity contribution in [3.63, 3.8) is 0 Å². The van der Waals surface area contributed by atoms with Crippen molar-refractivity contribution in [2.24, 2.45) is 0 Å². The monoisotopic (exact) mass is 310 g/mol. The largest absolute Gasteiger partial charge is 0.445 e. The molecule has 0 aromatic heterocycles. The lowest BCUT2D eigenvalue weighted by Crippen LogP contribution is -2.38. The molecular weight excluding hydrogens is 292 g/mol. The second-order valence-electron chi connectivity index (χ2n) is 5.47. The van der Waals surface area contributed by atoms with Crippen LogP contribution < -0.4 is 10.6 Å². The molecule has 23 heavy (non-hydrogen) atoms. The molecule has 0 unspecified atom stereocenters. The predicted octanol–water partition coefficient (Wildman–Crippen LogP) is 2.54. The van der Waals surface area contributed by atoms with Gasteiger partial charge in [-0.1, -0.05) is 60.7 Å². The summed E-state index contributed by atoms with van der Waals surface area (Å²) in [4.78, 5) is 23.7. The number of carbonyl (C=O) groups is 2. The molecule has 1 fully saturated rings. The van der Waals surface area contributed by atoms with E-state index in [2.05, 4.69) is 10.6 Å². The van der Waals surface area contributed by atoms with Gasteiger partial charge in [-0.25, -0.2) is 4.79 Å². The highest BCUT2D eigenvalue weighted by Crippen LogP contribution is 2.24. The Morgan fingerprint density at radius 3 is 2.43 bits per heavy atom. The van der Waals surface area contributed by atoms with Crippen LogP contribution in [0.3, 0.4) is 0 Å². The molecule has 118 valence electrons. The van der Waals surface area contributed by atoms with Crippen LogP contribution >= 0.6 is 0 Å². The van der Waals surface area contributed by atoms with E-state index in [0.29, 0.717) is 0 Å². The van der Waals surface area contributed by atoms with Crippen molar-refractivity contribution >= 4 is 12.0 Å². The lowest BCUT2D eigenvalue weighted by Gasteiger charge is -2.20. The highest BCUT2D eigenvalue weighted by molar-refractivity contribution is 5.81. The van der Waals surface area contributed by atoms with E-state index in [1.807, 2.05) is 60.7 Å². The zero-order chi connectivity index (χ0) is 16.1. The second kappa shape index (κ2) is 6.96. The van der Waals surface area contributed by atoms with Crippen LogP contribution in [0.2, 0.25) is 0 Å². The number of hydrogen-bond acceptors (Lipinski definition) is 3. The Labute approximate surface area is 134 Å². The number of carbonyl (C=O) groups excluding carboxylic acids is 2. The van der Waals surface area contributed by atoms with Crippen LogP contribution in [0, 0.1) is 0 Å². The Kier molecular flexibility index (Phi) is 4.57. The fourth-order valence-electron chi connectivity index (χ4n) is 2.68. The summed E-state index contributed by atoms with van der Waals surface area (Å²) in [6.45, 7) is 0.205. The topological polar surface area (TPSA) is 67.4 Å². The molecule has 1 aliphatic rings. The molecule has 1 heterocycles. The van der Waals surface area contributed by atoms with Crippen molar-refractivity contribution in [2.45, 2.75) is 25.1 Å². The first kappa shape index (κ1) is 15.1. The third-order valence-corrected chi connectivity index (χ3v) is 3.80. The first-order valence-corrected chi connectivity index (χ1v) is 7.54. The number of alkyl carbamates (subject to hydrolysis) is 1. The van der Waals surface area contributed by atoms with E-state index < -0.39 is 6.09 Å². The summed E-state index contributed by atoms with van der Waals surface area (Å²) in [5.74, 6) is -0.0767. The Morgan fingerprint density at radius 1 is 1.09 bits per heavy atom. The van der Waals surface area contributed by atoms with Gasteiger partial charge in [0, 0.05) is 6.42 Å². The van der Waals surface area contributed by atoms with E-state index in [0.717, 1.165) is 11.1 Å². The molecule has 1 saturated heterocycles. The van der Waals surface area contributed by atoms with Crippen LogP contribution in [0.1, 0.15) is 23.6 Å². The maximum absolute atomic E-state index is 12.0. The van der Waals surface area contributed by atoms with Gasteiger partial charge in [0.05, 0.1) is 12.1 Å². The van der Waals surface area contributed by atoms with Crippen LogP contribution in [0.15, 0.2) is 60.7 Å². The number of rotatable bonds is 4. The molecule has 5 heteroatoms. The Hall–Kier alpha value is -2.82. The van der Waals surface area contributed by atoms with Crippen molar-refractivity contribution in [1.29, 1.82) is 0 Å². The standard InChI is InChI=1S/C18H18N2O3/c21-16-11-15(17(20-16)14-9-5-2-6-10-14)19-18(22)23-12-13-7-3-1-4-8-13/h1-10,15,17H,11-12H2,(H,19,22)(H,20,21)/t15-,17+/m0/s1. The van der Waals surface area contributed by atoms with Crippen LogP contribution in [0.5, 0.6) is 0 Å². The Balaban J connectivity index is 1.59. The molecular formula is C18H18N2O3. The van der Waals surface area contributed by atoms with Gasteiger partial charge in [0.15, 0.2) is 0 Å².